The first-order chi connectivity index (χ1) is 19.5. The molecule has 2 aromatic heterocycles. The van der Waals surface area contributed by atoms with Crippen LogP contribution in [0.5, 0.6) is 0 Å². The molecular formula is C29H39N5O7. The molecule has 0 bridgehead atoms. The lowest BCUT2D eigenvalue weighted by atomic mass is 9.96. The average Bonchev–Trinajstić information content (AvgIpc) is 3.47. The van der Waals surface area contributed by atoms with Crippen LogP contribution in [0.25, 0.3) is 0 Å². The maximum absolute atomic E-state index is 13.3. The van der Waals surface area contributed by atoms with Crippen molar-refractivity contribution in [3.8, 4) is 0 Å². The fourth-order valence-electron chi connectivity index (χ4n) is 5.20. The Morgan fingerprint density at radius 2 is 2.00 bits per heavy atom. The van der Waals surface area contributed by atoms with Crippen molar-refractivity contribution < 1.29 is 28.4 Å². The number of hydrogen-bond acceptors (Lipinski definition) is 8. The minimum absolute atomic E-state index is 0.0346. The molecule has 1 saturated carbocycles. The van der Waals surface area contributed by atoms with Crippen molar-refractivity contribution in [3.05, 3.63) is 57.9 Å². The lowest BCUT2D eigenvalue weighted by molar-refractivity contribution is -0.134. The van der Waals surface area contributed by atoms with Crippen LogP contribution in [0.15, 0.2) is 39.8 Å². The number of allylic oxidation sites excluding steroid dienone is 1. The number of anilines is 1. The Morgan fingerprint density at radius 3 is 2.66 bits per heavy atom. The van der Waals surface area contributed by atoms with Crippen molar-refractivity contribution in [3.63, 3.8) is 0 Å². The zero-order valence-corrected chi connectivity index (χ0v) is 24.2. The standard InChI is InChI=1S/C29H39N5O7/c1-6-20-14-13-17(2)26(20)32-23(35)16-34-15-9-11-22(29(34)39)31-27(37)21(10-7-8-12-24(36)40-5)30-28(38)25-18(3)33-41-19(25)4/h8-9,11-12,15,17,20-21,26H,6-7,10,13-14,16H2,1-5H3,(H,30,38)(H,31,37)(H,32,35)/b12-8+/t17?,20?,21-,26?/m0/s1. The van der Waals surface area contributed by atoms with Gasteiger partial charge in [-0.05, 0) is 63.5 Å². The van der Waals surface area contributed by atoms with Gasteiger partial charge in [-0.3, -0.25) is 19.2 Å². The average molecular weight is 570 g/mol. The molecule has 3 unspecified atom stereocenters. The van der Waals surface area contributed by atoms with E-state index in [1.165, 1.54) is 36.1 Å². The largest absolute Gasteiger partial charge is 0.466 e. The summed E-state index contributed by atoms with van der Waals surface area (Å²) >= 11 is 0. The Morgan fingerprint density at radius 1 is 1.24 bits per heavy atom. The summed E-state index contributed by atoms with van der Waals surface area (Å²) in [6.45, 7) is 7.24. The van der Waals surface area contributed by atoms with Gasteiger partial charge in [0.05, 0.1) is 12.8 Å². The molecule has 3 amide bonds. The zero-order valence-electron chi connectivity index (χ0n) is 24.2. The molecule has 2 heterocycles. The van der Waals surface area contributed by atoms with Crippen LogP contribution in [-0.4, -0.2) is 52.6 Å². The van der Waals surface area contributed by atoms with Gasteiger partial charge in [0.25, 0.3) is 11.5 Å². The number of aromatic nitrogens is 2. The summed E-state index contributed by atoms with van der Waals surface area (Å²) in [5.41, 5.74) is -0.00865. The molecule has 0 saturated heterocycles. The Kier molecular flexibility index (Phi) is 11.0. The van der Waals surface area contributed by atoms with Crippen molar-refractivity contribution >= 4 is 29.4 Å². The topological polar surface area (TPSA) is 162 Å². The number of aryl methyl sites for hydroxylation is 2. The summed E-state index contributed by atoms with van der Waals surface area (Å²) in [4.78, 5) is 63.6. The van der Waals surface area contributed by atoms with E-state index in [1.54, 1.807) is 19.9 Å². The molecule has 12 nitrogen and oxygen atoms in total. The lowest BCUT2D eigenvalue weighted by Gasteiger charge is -2.23. The summed E-state index contributed by atoms with van der Waals surface area (Å²) in [7, 11) is 1.25. The van der Waals surface area contributed by atoms with Crippen LogP contribution in [-0.2, 0) is 25.7 Å². The molecule has 41 heavy (non-hydrogen) atoms. The van der Waals surface area contributed by atoms with Crippen LogP contribution >= 0.6 is 0 Å². The summed E-state index contributed by atoms with van der Waals surface area (Å²) in [5.74, 6) is -0.941. The van der Waals surface area contributed by atoms with Crippen LogP contribution in [0.4, 0.5) is 5.69 Å². The lowest BCUT2D eigenvalue weighted by Crippen LogP contribution is -2.45. The van der Waals surface area contributed by atoms with E-state index in [-0.39, 0.29) is 42.6 Å². The molecule has 0 aromatic carbocycles. The van der Waals surface area contributed by atoms with E-state index >= 15 is 0 Å². The van der Waals surface area contributed by atoms with Gasteiger partial charge in [-0.1, -0.05) is 31.5 Å². The molecule has 222 valence electrons. The number of nitrogens with one attached hydrogen (secondary N) is 3. The van der Waals surface area contributed by atoms with Gasteiger partial charge in [-0.25, -0.2) is 4.79 Å². The van der Waals surface area contributed by atoms with Gasteiger partial charge in [-0.15, -0.1) is 0 Å². The molecule has 3 rings (SSSR count). The van der Waals surface area contributed by atoms with Gasteiger partial charge in [0.2, 0.25) is 11.8 Å². The van der Waals surface area contributed by atoms with E-state index < -0.39 is 29.4 Å². The molecule has 0 aliphatic heterocycles. The molecule has 0 radical (unpaired) electrons. The fraction of sp³-hybridized carbons (Fsp3) is 0.517. The Balaban J connectivity index is 1.73. The van der Waals surface area contributed by atoms with Crippen LogP contribution in [0, 0.1) is 25.7 Å². The van der Waals surface area contributed by atoms with Crippen molar-refractivity contribution in [2.45, 2.75) is 78.4 Å². The van der Waals surface area contributed by atoms with E-state index in [4.69, 9.17) is 4.52 Å². The molecule has 1 aliphatic carbocycles. The maximum Gasteiger partial charge on any atom is 0.330 e. The van der Waals surface area contributed by atoms with Crippen LogP contribution < -0.4 is 21.5 Å². The number of esters is 1. The second-order valence-electron chi connectivity index (χ2n) is 10.4. The number of nitrogens with zero attached hydrogens (tertiary/aromatic N) is 2. The molecule has 3 N–H and O–H groups in total. The highest BCUT2D eigenvalue weighted by Gasteiger charge is 2.33. The van der Waals surface area contributed by atoms with Gasteiger partial charge in [-0.2, -0.15) is 0 Å². The first-order valence-corrected chi connectivity index (χ1v) is 13.8. The molecule has 12 heteroatoms. The maximum atomic E-state index is 13.3. The number of pyridine rings is 1. The monoisotopic (exact) mass is 569 g/mol. The van der Waals surface area contributed by atoms with Gasteiger partial charge < -0.3 is 29.8 Å². The van der Waals surface area contributed by atoms with Crippen molar-refractivity contribution in [2.24, 2.45) is 11.8 Å². The Labute approximate surface area is 238 Å². The minimum Gasteiger partial charge on any atom is -0.466 e. The second-order valence-corrected chi connectivity index (χ2v) is 10.4. The number of ether oxygens (including phenoxy) is 1. The molecular weight excluding hydrogens is 530 g/mol. The normalized spacial score (nSPS) is 19.1. The molecule has 1 fully saturated rings. The smallest absolute Gasteiger partial charge is 0.330 e. The SMILES string of the molecule is CCC1CCC(C)C1NC(=O)Cn1cccc(NC(=O)[C@H](CC/C=C/C(=O)OC)NC(=O)c2c(C)noc2C)c1=O. The minimum atomic E-state index is -1.07. The number of methoxy groups -OCH3 is 1. The summed E-state index contributed by atoms with van der Waals surface area (Å²) in [6, 6.07) is 2.00. The second kappa shape index (κ2) is 14.4. The predicted octanol–water partition coefficient (Wildman–Crippen LogP) is 2.64. The van der Waals surface area contributed by atoms with Crippen molar-refractivity contribution in [2.75, 3.05) is 12.4 Å². The molecule has 2 aromatic rings. The highest BCUT2D eigenvalue weighted by molar-refractivity contribution is 6.02. The Bertz CT molecular complexity index is 1330. The third-order valence-electron chi connectivity index (χ3n) is 7.52. The van der Waals surface area contributed by atoms with Gasteiger partial charge >= 0.3 is 5.97 Å². The molecule has 4 atom stereocenters. The zero-order chi connectivity index (χ0) is 30.1. The number of carbonyl (C=O) groups excluding carboxylic acids is 4. The van der Waals surface area contributed by atoms with E-state index in [0.29, 0.717) is 23.3 Å². The third-order valence-corrected chi connectivity index (χ3v) is 7.52. The van der Waals surface area contributed by atoms with E-state index in [2.05, 4.69) is 39.7 Å². The highest BCUT2D eigenvalue weighted by Crippen LogP contribution is 2.33. The van der Waals surface area contributed by atoms with Crippen LogP contribution in [0.1, 0.15) is 67.8 Å². The number of hydrogen-bond donors (Lipinski definition) is 3. The van der Waals surface area contributed by atoms with Gasteiger partial charge in [0.1, 0.15) is 29.6 Å². The number of rotatable bonds is 12. The highest BCUT2D eigenvalue weighted by atomic mass is 16.5. The van der Waals surface area contributed by atoms with Crippen molar-refractivity contribution in [1.82, 2.24) is 20.4 Å². The Hall–Kier alpha value is -4.22. The summed E-state index contributed by atoms with van der Waals surface area (Å²) in [6.07, 6.45) is 7.71. The summed E-state index contributed by atoms with van der Waals surface area (Å²) < 4.78 is 10.9. The quantitative estimate of drug-likeness (QED) is 0.260. The molecule has 0 spiro atoms. The number of amides is 3. The van der Waals surface area contributed by atoms with Crippen LogP contribution in [0.2, 0.25) is 0 Å². The molecule has 1 aliphatic rings. The van der Waals surface area contributed by atoms with Crippen LogP contribution in [0.3, 0.4) is 0 Å². The van der Waals surface area contributed by atoms with E-state index in [1.807, 2.05) is 0 Å². The fourth-order valence-corrected chi connectivity index (χ4v) is 5.20. The predicted molar refractivity (Wildman–Crippen MR) is 151 cm³/mol. The van der Waals surface area contributed by atoms with E-state index in [9.17, 15) is 24.0 Å². The van der Waals surface area contributed by atoms with Crippen molar-refractivity contribution in [1.29, 1.82) is 0 Å². The first kappa shape index (κ1) is 31.3. The van der Waals surface area contributed by atoms with E-state index in [0.717, 1.165) is 19.3 Å². The summed E-state index contributed by atoms with van der Waals surface area (Å²) in [5, 5.41) is 12.1. The number of carbonyl (C=O) groups is 4. The van der Waals surface area contributed by atoms with Gasteiger partial charge in [0, 0.05) is 18.3 Å². The third kappa shape index (κ3) is 8.15. The van der Waals surface area contributed by atoms with Gasteiger partial charge in [0.15, 0.2) is 0 Å². The first-order valence-electron chi connectivity index (χ1n) is 13.8.